The zero-order valence-electron chi connectivity index (χ0n) is 15.5. The first-order valence-corrected chi connectivity index (χ1v) is 8.89. The molecule has 8 nitrogen and oxygen atoms in total. The summed E-state index contributed by atoms with van der Waals surface area (Å²) in [6, 6.07) is 0. The molecule has 2 heterocycles. The first-order chi connectivity index (χ1) is 12.7. The van der Waals surface area contributed by atoms with Crippen LogP contribution in [0, 0.1) is 0 Å². The van der Waals surface area contributed by atoms with Crippen molar-refractivity contribution in [1.29, 1.82) is 0 Å². The summed E-state index contributed by atoms with van der Waals surface area (Å²) in [5.74, 6) is -1.88. The van der Waals surface area contributed by atoms with Crippen LogP contribution in [0.2, 0.25) is 0 Å². The van der Waals surface area contributed by atoms with Gasteiger partial charge in [-0.1, -0.05) is 6.92 Å². The Bertz CT molecular complexity index is 497. The van der Waals surface area contributed by atoms with E-state index in [0.29, 0.717) is 19.5 Å². The maximum atomic E-state index is 12.5. The molecule has 2 amide bonds. The van der Waals surface area contributed by atoms with Gasteiger partial charge in [0, 0.05) is 52.4 Å². The number of carbonyl (C=O) groups excluding carboxylic acids is 2. The summed E-state index contributed by atoms with van der Waals surface area (Å²) in [6.07, 6.45) is -4.48. The van der Waals surface area contributed by atoms with E-state index in [4.69, 9.17) is 9.90 Å². The highest BCUT2D eigenvalue weighted by molar-refractivity contribution is 5.82. The fourth-order valence-electron chi connectivity index (χ4n) is 3.10. The van der Waals surface area contributed by atoms with Gasteiger partial charge in [0.05, 0.1) is 6.54 Å². The highest BCUT2D eigenvalue weighted by Crippen LogP contribution is 2.19. The summed E-state index contributed by atoms with van der Waals surface area (Å²) in [4.78, 5) is 38.8. The minimum Gasteiger partial charge on any atom is -0.483 e. The Kier molecular flexibility index (Phi) is 9.50. The lowest BCUT2D eigenvalue weighted by Crippen LogP contribution is -2.50. The number of halogens is 3. The molecule has 2 fully saturated rings. The van der Waals surface area contributed by atoms with Crippen LogP contribution in [-0.4, -0.2) is 115 Å². The molecule has 2 rings (SSSR count). The van der Waals surface area contributed by atoms with Crippen molar-refractivity contribution in [2.24, 2.45) is 0 Å². The Morgan fingerprint density at radius 2 is 1.41 bits per heavy atom. The Morgan fingerprint density at radius 3 is 1.93 bits per heavy atom. The highest BCUT2D eigenvalue weighted by atomic mass is 19.4. The first kappa shape index (κ1) is 23.2. The summed E-state index contributed by atoms with van der Waals surface area (Å²) in [5, 5.41) is 6.89. The molecular formula is C16H27F3N4O4. The third-order valence-electron chi connectivity index (χ3n) is 4.65. The Labute approximate surface area is 156 Å². The van der Waals surface area contributed by atoms with Crippen LogP contribution < -0.4 is 0 Å². The van der Waals surface area contributed by atoms with Crippen LogP contribution >= 0.6 is 0 Å². The SMILES string of the molecule is CCN1CCN(CC(=O)N2CCCN(C(=O)C(F)(F)F)CC2)CC1.O=CO. The summed E-state index contributed by atoms with van der Waals surface area (Å²) in [6.45, 7) is 7.19. The van der Waals surface area contributed by atoms with Gasteiger partial charge in [-0.2, -0.15) is 13.2 Å². The van der Waals surface area contributed by atoms with Crippen LogP contribution in [0.5, 0.6) is 0 Å². The van der Waals surface area contributed by atoms with Crippen molar-refractivity contribution in [3.8, 4) is 0 Å². The summed E-state index contributed by atoms with van der Waals surface area (Å²) >= 11 is 0. The smallest absolute Gasteiger partial charge is 0.471 e. The second-order valence-electron chi connectivity index (χ2n) is 6.34. The van der Waals surface area contributed by atoms with Gasteiger partial charge in [0.15, 0.2) is 0 Å². The Morgan fingerprint density at radius 1 is 0.926 bits per heavy atom. The quantitative estimate of drug-likeness (QED) is 0.674. The van der Waals surface area contributed by atoms with E-state index in [2.05, 4.69) is 16.7 Å². The van der Waals surface area contributed by atoms with Gasteiger partial charge in [-0.15, -0.1) is 0 Å². The van der Waals surface area contributed by atoms with E-state index in [1.807, 2.05) is 0 Å². The van der Waals surface area contributed by atoms with Gasteiger partial charge in [0.1, 0.15) is 0 Å². The number of carboxylic acid groups (broad SMARTS) is 1. The number of piperazine rings is 1. The van der Waals surface area contributed by atoms with Crippen molar-refractivity contribution >= 4 is 18.3 Å². The topological polar surface area (TPSA) is 84.4 Å². The zero-order chi connectivity index (χ0) is 20.4. The van der Waals surface area contributed by atoms with Gasteiger partial charge in [-0.05, 0) is 13.0 Å². The minimum absolute atomic E-state index is 0.0390. The highest BCUT2D eigenvalue weighted by Gasteiger charge is 2.42. The number of likely N-dealkylation sites (N-methyl/N-ethyl adjacent to an activating group) is 1. The van der Waals surface area contributed by atoms with Gasteiger partial charge in [0.25, 0.3) is 6.47 Å². The molecule has 156 valence electrons. The molecule has 0 aromatic carbocycles. The standard InChI is InChI=1S/C15H25F3N4O2.CH2O2/c1-2-19-6-8-20(9-7-19)12-13(23)21-4-3-5-22(11-10-21)14(24)15(16,17)18;2-1-3/h2-12H2,1H3;1H,(H,2,3). The molecule has 0 bridgehead atoms. The third-order valence-corrected chi connectivity index (χ3v) is 4.65. The maximum absolute atomic E-state index is 12.5. The lowest BCUT2D eigenvalue weighted by Gasteiger charge is -2.34. The first-order valence-electron chi connectivity index (χ1n) is 8.89. The van der Waals surface area contributed by atoms with E-state index in [1.54, 1.807) is 4.90 Å². The Balaban J connectivity index is 0.00000114. The second-order valence-corrected chi connectivity index (χ2v) is 6.34. The number of hydrogen-bond acceptors (Lipinski definition) is 5. The Hall–Kier alpha value is -1.88. The number of carbonyl (C=O) groups is 3. The van der Waals surface area contributed by atoms with Crippen molar-refractivity contribution < 1.29 is 32.7 Å². The molecule has 0 saturated carbocycles. The van der Waals surface area contributed by atoms with Gasteiger partial charge in [-0.3, -0.25) is 19.3 Å². The van der Waals surface area contributed by atoms with Crippen LogP contribution in [0.4, 0.5) is 13.2 Å². The molecule has 11 heteroatoms. The normalized spacial score (nSPS) is 19.7. The number of nitrogens with zero attached hydrogens (tertiary/aromatic N) is 4. The predicted octanol–water partition coefficient (Wildman–Crippen LogP) is -0.0521. The van der Waals surface area contributed by atoms with E-state index >= 15 is 0 Å². The molecule has 27 heavy (non-hydrogen) atoms. The van der Waals surface area contributed by atoms with E-state index < -0.39 is 12.1 Å². The van der Waals surface area contributed by atoms with Crippen molar-refractivity contribution in [3.05, 3.63) is 0 Å². The van der Waals surface area contributed by atoms with Gasteiger partial charge in [-0.25, -0.2) is 0 Å². The van der Waals surface area contributed by atoms with Crippen LogP contribution in [0.25, 0.3) is 0 Å². The number of alkyl halides is 3. The van der Waals surface area contributed by atoms with Crippen molar-refractivity contribution in [2.75, 3.05) is 65.4 Å². The second kappa shape index (κ2) is 11.1. The largest absolute Gasteiger partial charge is 0.483 e. The van der Waals surface area contributed by atoms with Crippen molar-refractivity contribution in [1.82, 2.24) is 19.6 Å². The average molecular weight is 396 g/mol. The molecule has 0 unspecified atom stereocenters. The molecule has 1 N–H and O–H groups in total. The number of hydrogen-bond donors (Lipinski definition) is 1. The van der Waals surface area contributed by atoms with Gasteiger partial charge in [0.2, 0.25) is 5.91 Å². The van der Waals surface area contributed by atoms with E-state index in [1.165, 1.54) is 0 Å². The van der Waals surface area contributed by atoms with Crippen LogP contribution in [0.15, 0.2) is 0 Å². The average Bonchev–Trinajstić information content (AvgIpc) is 2.87. The maximum Gasteiger partial charge on any atom is 0.471 e. The van der Waals surface area contributed by atoms with E-state index in [0.717, 1.165) is 37.6 Å². The molecule has 0 aromatic rings. The van der Waals surface area contributed by atoms with Crippen LogP contribution in [0.3, 0.4) is 0 Å². The molecule has 2 aliphatic heterocycles. The monoisotopic (exact) mass is 396 g/mol. The number of rotatable bonds is 3. The fourth-order valence-corrected chi connectivity index (χ4v) is 3.10. The fraction of sp³-hybridized carbons (Fsp3) is 0.812. The van der Waals surface area contributed by atoms with Crippen molar-refractivity contribution in [2.45, 2.75) is 19.5 Å². The minimum atomic E-state index is -4.85. The van der Waals surface area contributed by atoms with Crippen LogP contribution in [-0.2, 0) is 14.4 Å². The van der Waals surface area contributed by atoms with Gasteiger partial charge < -0.3 is 19.8 Å². The zero-order valence-corrected chi connectivity index (χ0v) is 15.5. The molecule has 0 aromatic heterocycles. The lowest BCUT2D eigenvalue weighted by atomic mass is 10.3. The lowest BCUT2D eigenvalue weighted by molar-refractivity contribution is -0.185. The molecule has 0 aliphatic carbocycles. The molecule has 2 saturated heterocycles. The molecule has 0 spiro atoms. The molecule has 2 aliphatic rings. The summed E-state index contributed by atoms with van der Waals surface area (Å²) in [7, 11) is 0. The summed E-state index contributed by atoms with van der Waals surface area (Å²) < 4.78 is 37.5. The van der Waals surface area contributed by atoms with E-state index in [-0.39, 0.29) is 32.0 Å². The molecular weight excluding hydrogens is 369 g/mol. The molecule has 0 radical (unpaired) electrons. The van der Waals surface area contributed by atoms with Crippen LogP contribution in [0.1, 0.15) is 13.3 Å². The van der Waals surface area contributed by atoms with Crippen molar-refractivity contribution in [3.63, 3.8) is 0 Å². The van der Waals surface area contributed by atoms with E-state index in [9.17, 15) is 22.8 Å². The summed E-state index contributed by atoms with van der Waals surface area (Å²) in [5.41, 5.74) is 0. The third kappa shape index (κ3) is 7.71. The molecule has 0 atom stereocenters. The van der Waals surface area contributed by atoms with Gasteiger partial charge >= 0.3 is 12.1 Å². The predicted molar refractivity (Wildman–Crippen MR) is 91.1 cm³/mol. The number of amides is 2.